The first-order valence-electron chi connectivity index (χ1n) is 8.68. The lowest BCUT2D eigenvalue weighted by molar-refractivity contribution is -0.125. The molecule has 0 unspecified atom stereocenters. The monoisotopic (exact) mass is 348 g/mol. The molecular formula is C18H24N2O5. The number of rotatable bonds is 4. The van der Waals surface area contributed by atoms with Crippen molar-refractivity contribution in [2.45, 2.75) is 38.0 Å². The van der Waals surface area contributed by atoms with E-state index in [1.165, 1.54) is 4.90 Å². The summed E-state index contributed by atoms with van der Waals surface area (Å²) in [6, 6.07) is 6.38. The molecule has 0 bridgehead atoms. The summed E-state index contributed by atoms with van der Waals surface area (Å²) in [6.45, 7) is 3.11. The second-order valence-electron chi connectivity index (χ2n) is 6.45. The van der Waals surface area contributed by atoms with Gasteiger partial charge in [0.1, 0.15) is 12.2 Å². The molecule has 2 aliphatic heterocycles. The number of benzene rings is 1. The summed E-state index contributed by atoms with van der Waals surface area (Å²) in [5, 5.41) is 20.0. The molecule has 2 aliphatic rings. The fourth-order valence-corrected chi connectivity index (χ4v) is 3.46. The zero-order valence-corrected chi connectivity index (χ0v) is 14.3. The highest BCUT2D eigenvalue weighted by molar-refractivity contribution is 5.99. The number of hydrogen-bond acceptors (Lipinski definition) is 5. The van der Waals surface area contributed by atoms with Crippen LogP contribution >= 0.6 is 0 Å². The first-order chi connectivity index (χ1) is 12.0. The van der Waals surface area contributed by atoms with Gasteiger partial charge in [0.15, 0.2) is 0 Å². The Balaban J connectivity index is 1.82. The van der Waals surface area contributed by atoms with Crippen LogP contribution in [0.2, 0.25) is 0 Å². The van der Waals surface area contributed by atoms with E-state index in [0.717, 1.165) is 6.42 Å². The summed E-state index contributed by atoms with van der Waals surface area (Å²) in [7, 11) is 0. The first kappa shape index (κ1) is 17.8. The minimum atomic E-state index is -1.04. The molecule has 2 heterocycles. The highest BCUT2D eigenvalue weighted by atomic mass is 16.5. The van der Waals surface area contributed by atoms with E-state index in [1.807, 2.05) is 13.0 Å². The number of anilines is 1. The van der Waals surface area contributed by atoms with Crippen LogP contribution in [0.5, 0.6) is 0 Å². The fourth-order valence-electron chi connectivity index (χ4n) is 3.46. The van der Waals surface area contributed by atoms with E-state index in [-0.39, 0.29) is 25.0 Å². The van der Waals surface area contributed by atoms with Gasteiger partial charge in [-0.15, -0.1) is 0 Å². The Bertz CT molecular complexity index is 650. The van der Waals surface area contributed by atoms with Crippen LogP contribution in [0, 0.1) is 0 Å². The number of amides is 2. The van der Waals surface area contributed by atoms with Crippen molar-refractivity contribution >= 4 is 17.5 Å². The SMILES string of the molecule is CCN(C(=O)c1cccc(N2CCCC2=O)c1)[C@@H]1COC[C@@H](O)[C@H]1O. The molecule has 3 atom stereocenters. The van der Waals surface area contributed by atoms with Crippen LogP contribution in [0.3, 0.4) is 0 Å². The number of ether oxygens (including phenoxy) is 1. The number of aliphatic hydroxyl groups is 2. The smallest absolute Gasteiger partial charge is 0.254 e. The predicted octanol–water partition coefficient (Wildman–Crippen LogP) is 0.396. The van der Waals surface area contributed by atoms with Gasteiger partial charge in [-0.3, -0.25) is 9.59 Å². The Kier molecular flexibility index (Phi) is 5.36. The average molecular weight is 348 g/mol. The largest absolute Gasteiger partial charge is 0.388 e. The van der Waals surface area contributed by atoms with Crippen molar-refractivity contribution in [1.29, 1.82) is 0 Å². The van der Waals surface area contributed by atoms with Crippen LogP contribution in [0.1, 0.15) is 30.1 Å². The maximum absolute atomic E-state index is 13.0. The van der Waals surface area contributed by atoms with Gasteiger partial charge in [0.2, 0.25) is 5.91 Å². The van der Waals surface area contributed by atoms with Gasteiger partial charge in [-0.05, 0) is 31.5 Å². The molecule has 0 radical (unpaired) electrons. The predicted molar refractivity (Wildman–Crippen MR) is 91.4 cm³/mol. The lowest BCUT2D eigenvalue weighted by Gasteiger charge is -2.39. The molecule has 7 nitrogen and oxygen atoms in total. The molecule has 1 aromatic carbocycles. The Labute approximate surface area is 146 Å². The fraction of sp³-hybridized carbons (Fsp3) is 0.556. The zero-order chi connectivity index (χ0) is 18.0. The molecular weight excluding hydrogens is 324 g/mol. The van der Waals surface area contributed by atoms with Gasteiger partial charge >= 0.3 is 0 Å². The molecule has 2 N–H and O–H groups in total. The molecule has 0 aromatic heterocycles. The number of likely N-dealkylation sites (N-methyl/N-ethyl adjacent to an activating group) is 1. The van der Waals surface area contributed by atoms with E-state index in [9.17, 15) is 19.8 Å². The summed E-state index contributed by atoms with van der Waals surface area (Å²) in [6.07, 6.45) is -0.695. The van der Waals surface area contributed by atoms with E-state index >= 15 is 0 Å². The minimum absolute atomic E-state index is 0.0654. The van der Waals surface area contributed by atoms with Crippen molar-refractivity contribution in [1.82, 2.24) is 4.90 Å². The van der Waals surface area contributed by atoms with Gasteiger partial charge in [-0.1, -0.05) is 6.07 Å². The molecule has 2 saturated heterocycles. The number of carbonyl (C=O) groups is 2. The van der Waals surface area contributed by atoms with Gasteiger partial charge in [0.05, 0.1) is 19.3 Å². The summed E-state index contributed by atoms with van der Waals surface area (Å²) >= 11 is 0. The van der Waals surface area contributed by atoms with Crippen LogP contribution in [0.25, 0.3) is 0 Å². The van der Waals surface area contributed by atoms with Gasteiger partial charge in [0, 0.05) is 30.8 Å². The van der Waals surface area contributed by atoms with Crippen molar-refractivity contribution in [3.8, 4) is 0 Å². The number of carbonyl (C=O) groups excluding carboxylic acids is 2. The van der Waals surface area contributed by atoms with Gasteiger partial charge in [-0.2, -0.15) is 0 Å². The van der Waals surface area contributed by atoms with Crippen LogP contribution in [0.4, 0.5) is 5.69 Å². The second-order valence-corrected chi connectivity index (χ2v) is 6.45. The van der Waals surface area contributed by atoms with Crippen LogP contribution in [-0.4, -0.2) is 71.5 Å². The standard InChI is InChI=1S/C18H24N2O5/c1-2-19(14-10-25-11-15(21)17(14)23)18(24)12-5-3-6-13(9-12)20-8-4-7-16(20)22/h3,5-6,9,14-15,17,21,23H,2,4,7-8,10-11H2,1H3/t14-,15-,17+/m1/s1. The van der Waals surface area contributed by atoms with E-state index in [0.29, 0.717) is 30.8 Å². The van der Waals surface area contributed by atoms with Crippen molar-refractivity contribution in [3.05, 3.63) is 29.8 Å². The van der Waals surface area contributed by atoms with Crippen LogP contribution < -0.4 is 4.90 Å². The van der Waals surface area contributed by atoms with Gasteiger partial charge in [0.25, 0.3) is 5.91 Å². The summed E-state index contributed by atoms with van der Waals surface area (Å²) in [4.78, 5) is 28.1. The molecule has 2 fully saturated rings. The van der Waals surface area contributed by atoms with Crippen molar-refractivity contribution in [2.24, 2.45) is 0 Å². The lowest BCUT2D eigenvalue weighted by Crippen LogP contribution is -2.57. The van der Waals surface area contributed by atoms with E-state index in [1.54, 1.807) is 23.1 Å². The van der Waals surface area contributed by atoms with Crippen LogP contribution in [0.15, 0.2) is 24.3 Å². The molecule has 7 heteroatoms. The van der Waals surface area contributed by atoms with E-state index < -0.39 is 18.2 Å². The topological polar surface area (TPSA) is 90.3 Å². The zero-order valence-electron chi connectivity index (χ0n) is 14.3. The highest BCUT2D eigenvalue weighted by Crippen LogP contribution is 2.24. The summed E-state index contributed by atoms with van der Waals surface area (Å²) in [5.41, 5.74) is 1.16. The molecule has 0 aliphatic carbocycles. The molecule has 136 valence electrons. The third-order valence-electron chi connectivity index (χ3n) is 4.85. The number of hydrogen-bond donors (Lipinski definition) is 2. The molecule has 2 amide bonds. The van der Waals surface area contributed by atoms with Gasteiger partial charge < -0.3 is 24.7 Å². The Morgan fingerprint density at radius 1 is 1.36 bits per heavy atom. The van der Waals surface area contributed by atoms with Gasteiger partial charge in [-0.25, -0.2) is 0 Å². The van der Waals surface area contributed by atoms with Crippen LogP contribution in [-0.2, 0) is 9.53 Å². The minimum Gasteiger partial charge on any atom is -0.388 e. The second kappa shape index (κ2) is 7.51. The normalized spacial score (nSPS) is 26.8. The maximum Gasteiger partial charge on any atom is 0.254 e. The van der Waals surface area contributed by atoms with E-state index in [2.05, 4.69) is 0 Å². The number of aliphatic hydroxyl groups excluding tert-OH is 2. The Hall–Kier alpha value is -1.96. The Morgan fingerprint density at radius 3 is 2.84 bits per heavy atom. The highest BCUT2D eigenvalue weighted by Gasteiger charge is 2.37. The Morgan fingerprint density at radius 2 is 2.16 bits per heavy atom. The third kappa shape index (κ3) is 3.53. The van der Waals surface area contributed by atoms with E-state index in [4.69, 9.17) is 4.74 Å². The molecule has 25 heavy (non-hydrogen) atoms. The molecule has 1 aromatic rings. The van der Waals surface area contributed by atoms with Crippen molar-refractivity contribution < 1.29 is 24.5 Å². The molecule has 3 rings (SSSR count). The third-order valence-corrected chi connectivity index (χ3v) is 4.85. The molecule has 0 saturated carbocycles. The average Bonchev–Trinajstić information content (AvgIpc) is 3.05. The molecule has 0 spiro atoms. The summed E-state index contributed by atoms with van der Waals surface area (Å²) < 4.78 is 5.30. The quantitative estimate of drug-likeness (QED) is 0.822. The summed E-state index contributed by atoms with van der Waals surface area (Å²) in [5.74, 6) is -0.186. The lowest BCUT2D eigenvalue weighted by atomic mass is 10.0. The maximum atomic E-state index is 13.0. The van der Waals surface area contributed by atoms with Crippen molar-refractivity contribution in [2.75, 3.05) is 31.2 Å². The number of nitrogens with zero attached hydrogens (tertiary/aromatic N) is 2. The first-order valence-corrected chi connectivity index (χ1v) is 8.68. The van der Waals surface area contributed by atoms with Crippen molar-refractivity contribution in [3.63, 3.8) is 0 Å².